The Hall–Kier alpha value is -3.14. The van der Waals surface area contributed by atoms with E-state index in [0.29, 0.717) is 18.8 Å². The first-order valence-corrected chi connectivity index (χ1v) is 8.83. The quantitative estimate of drug-likeness (QED) is 0.692. The molecule has 4 nitrogen and oxygen atoms in total. The molecule has 4 heteroatoms. The number of anilines is 1. The van der Waals surface area contributed by atoms with Crippen molar-refractivity contribution >= 4 is 11.6 Å². The van der Waals surface area contributed by atoms with Gasteiger partial charge in [0, 0.05) is 19.6 Å². The Morgan fingerprint density at radius 3 is 2.15 bits per heavy atom. The number of rotatable bonds is 7. The fraction of sp³-hybridized carbons (Fsp3) is 0.182. The minimum Gasteiger partial charge on any atom is -0.380 e. The molecule has 3 aromatic rings. The Morgan fingerprint density at radius 1 is 0.923 bits per heavy atom. The average Bonchev–Trinajstić information content (AvgIpc) is 2.72. The monoisotopic (exact) mass is 345 g/mol. The van der Waals surface area contributed by atoms with Gasteiger partial charge in [-0.25, -0.2) is 4.98 Å². The number of carbonyl (C=O) groups excluding carboxylic acids is 1. The topological polar surface area (TPSA) is 45.2 Å². The van der Waals surface area contributed by atoms with Gasteiger partial charge in [0.05, 0.1) is 11.9 Å². The highest BCUT2D eigenvalue weighted by atomic mass is 16.2. The summed E-state index contributed by atoms with van der Waals surface area (Å²) in [7, 11) is 0. The van der Waals surface area contributed by atoms with Crippen LogP contribution in [-0.4, -0.2) is 22.3 Å². The molecule has 0 aliphatic carbocycles. The molecule has 2 aromatic carbocycles. The molecule has 132 valence electrons. The number of aromatic nitrogens is 1. The predicted molar refractivity (Wildman–Crippen MR) is 105 cm³/mol. The number of amides is 1. The lowest BCUT2D eigenvalue weighted by Crippen LogP contribution is -2.30. The summed E-state index contributed by atoms with van der Waals surface area (Å²) in [6, 6.07) is 23.9. The summed E-state index contributed by atoms with van der Waals surface area (Å²) in [5, 5.41) is 3.32. The first-order valence-electron chi connectivity index (χ1n) is 8.83. The molecule has 1 N–H and O–H groups in total. The van der Waals surface area contributed by atoms with Crippen molar-refractivity contribution in [2.45, 2.75) is 20.0 Å². The average molecular weight is 345 g/mol. The zero-order chi connectivity index (χ0) is 18.2. The molecular formula is C22H23N3O. The van der Waals surface area contributed by atoms with Crippen LogP contribution in [0.5, 0.6) is 0 Å². The van der Waals surface area contributed by atoms with Gasteiger partial charge in [-0.15, -0.1) is 0 Å². The third-order valence-electron chi connectivity index (χ3n) is 4.21. The predicted octanol–water partition coefficient (Wildman–Crippen LogP) is 4.36. The molecule has 1 heterocycles. The fourth-order valence-corrected chi connectivity index (χ4v) is 2.72. The zero-order valence-electron chi connectivity index (χ0n) is 14.9. The van der Waals surface area contributed by atoms with Crippen molar-refractivity contribution in [3.8, 4) is 0 Å². The van der Waals surface area contributed by atoms with Gasteiger partial charge < -0.3 is 10.2 Å². The van der Waals surface area contributed by atoms with E-state index in [2.05, 4.69) is 22.4 Å². The van der Waals surface area contributed by atoms with Crippen LogP contribution in [0.15, 0.2) is 79.0 Å². The van der Waals surface area contributed by atoms with Gasteiger partial charge in [0.25, 0.3) is 5.91 Å². The summed E-state index contributed by atoms with van der Waals surface area (Å²) >= 11 is 0. The van der Waals surface area contributed by atoms with E-state index in [0.717, 1.165) is 17.8 Å². The molecule has 0 saturated carbocycles. The van der Waals surface area contributed by atoms with Crippen LogP contribution in [0.2, 0.25) is 0 Å². The molecule has 0 bridgehead atoms. The largest absolute Gasteiger partial charge is 0.380 e. The fourth-order valence-electron chi connectivity index (χ4n) is 2.72. The van der Waals surface area contributed by atoms with Gasteiger partial charge in [0.1, 0.15) is 5.69 Å². The van der Waals surface area contributed by atoms with E-state index < -0.39 is 0 Å². The number of nitrogens with one attached hydrogen (secondary N) is 1. The highest BCUT2D eigenvalue weighted by Gasteiger charge is 2.15. The smallest absolute Gasteiger partial charge is 0.272 e. The second kappa shape index (κ2) is 8.81. The van der Waals surface area contributed by atoms with Crippen LogP contribution >= 0.6 is 0 Å². The number of pyridine rings is 1. The summed E-state index contributed by atoms with van der Waals surface area (Å²) in [4.78, 5) is 18.9. The Balaban J connectivity index is 1.62. The lowest BCUT2D eigenvalue weighted by atomic mass is 10.2. The maximum Gasteiger partial charge on any atom is 0.272 e. The molecule has 0 aliphatic heterocycles. The van der Waals surface area contributed by atoms with Gasteiger partial charge in [-0.1, -0.05) is 60.7 Å². The van der Waals surface area contributed by atoms with Crippen molar-refractivity contribution in [3.63, 3.8) is 0 Å². The second-order valence-corrected chi connectivity index (χ2v) is 6.08. The molecule has 0 unspecified atom stereocenters. The van der Waals surface area contributed by atoms with Crippen LogP contribution in [0.1, 0.15) is 28.5 Å². The van der Waals surface area contributed by atoms with Crippen molar-refractivity contribution in [2.75, 3.05) is 11.9 Å². The van der Waals surface area contributed by atoms with Crippen LogP contribution in [0.25, 0.3) is 0 Å². The number of hydrogen-bond acceptors (Lipinski definition) is 3. The number of benzene rings is 2. The van der Waals surface area contributed by atoms with E-state index in [-0.39, 0.29) is 5.91 Å². The molecule has 0 radical (unpaired) electrons. The molecule has 3 rings (SSSR count). The summed E-state index contributed by atoms with van der Waals surface area (Å²) < 4.78 is 0. The lowest BCUT2D eigenvalue weighted by Gasteiger charge is -2.20. The maximum absolute atomic E-state index is 12.7. The van der Waals surface area contributed by atoms with Crippen LogP contribution in [0.4, 0.5) is 5.69 Å². The number of carbonyl (C=O) groups is 1. The van der Waals surface area contributed by atoms with Gasteiger partial charge in [-0.2, -0.15) is 0 Å². The van der Waals surface area contributed by atoms with E-state index in [9.17, 15) is 4.79 Å². The molecule has 1 amide bonds. The molecule has 1 aromatic heterocycles. The van der Waals surface area contributed by atoms with Crippen molar-refractivity contribution in [2.24, 2.45) is 0 Å². The molecule has 0 atom stereocenters. The summed E-state index contributed by atoms with van der Waals surface area (Å²) in [5.41, 5.74) is 3.68. The van der Waals surface area contributed by atoms with E-state index >= 15 is 0 Å². The highest BCUT2D eigenvalue weighted by molar-refractivity contribution is 5.92. The third-order valence-corrected chi connectivity index (χ3v) is 4.21. The first-order chi connectivity index (χ1) is 12.8. The van der Waals surface area contributed by atoms with Crippen LogP contribution in [0.3, 0.4) is 0 Å². The summed E-state index contributed by atoms with van der Waals surface area (Å²) in [6.07, 6.45) is 1.71. The van der Waals surface area contributed by atoms with Crippen LogP contribution in [-0.2, 0) is 13.1 Å². The second-order valence-electron chi connectivity index (χ2n) is 6.08. The Labute approximate surface area is 154 Å². The van der Waals surface area contributed by atoms with Crippen molar-refractivity contribution < 1.29 is 4.79 Å². The van der Waals surface area contributed by atoms with Crippen LogP contribution < -0.4 is 5.32 Å². The summed E-state index contributed by atoms with van der Waals surface area (Å²) in [5.74, 6) is -0.0500. The van der Waals surface area contributed by atoms with E-state index in [1.807, 2.05) is 61.5 Å². The van der Waals surface area contributed by atoms with E-state index in [1.165, 1.54) is 5.56 Å². The van der Waals surface area contributed by atoms with E-state index in [1.54, 1.807) is 17.2 Å². The summed E-state index contributed by atoms with van der Waals surface area (Å²) in [6.45, 7) is 3.94. The first kappa shape index (κ1) is 17.7. The van der Waals surface area contributed by atoms with Crippen molar-refractivity contribution in [1.29, 1.82) is 0 Å². The van der Waals surface area contributed by atoms with Gasteiger partial charge in [-0.3, -0.25) is 4.79 Å². The Bertz CT molecular complexity index is 817. The lowest BCUT2D eigenvalue weighted by molar-refractivity contribution is 0.0746. The molecule has 0 saturated heterocycles. The molecule has 0 fully saturated rings. The van der Waals surface area contributed by atoms with Crippen molar-refractivity contribution in [3.05, 3.63) is 95.8 Å². The number of nitrogens with zero attached hydrogens (tertiary/aromatic N) is 2. The van der Waals surface area contributed by atoms with Gasteiger partial charge in [0.15, 0.2) is 0 Å². The van der Waals surface area contributed by atoms with E-state index in [4.69, 9.17) is 0 Å². The maximum atomic E-state index is 12.7. The minimum absolute atomic E-state index is 0.0500. The standard InChI is InChI=1S/C22H23N3O/c1-2-25(17-19-11-7-4-8-12-19)22(26)21-14-13-20(16-24-21)23-15-18-9-5-3-6-10-18/h3-14,16,23H,2,15,17H2,1H3. The van der Waals surface area contributed by atoms with Crippen LogP contribution in [0, 0.1) is 0 Å². The van der Waals surface area contributed by atoms with Gasteiger partial charge in [-0.05, 0) is 30.2 Å². The Kier molecular flexibility index (Phi) is 5.99. The Morgan fingerprint density at radius 2 is 1.58 bits per heavy atom. The number of hydrogen-bond donors (Lipinski definition) is 1. The van der Waals surface area contributed by atoms with Crippen molar-refractivity contribution in [1.82, 2.24) is 9.88 Å². The van der Waals surface area contributed by atoms with Gasteiger partial charge in [0.2, 0.25) is 0 Å². The zero-order valence-corrected chi connectivity index (χ0v) is 14.9. The molecule has 26 heavy (non-hydrogen) atoms. The normalized spacial score (nSPS) is 10.3. The highest BCUT2D eigenvalue weighted by Crippen LogP contribution is 2.12. The minimum atomic E-state index is -0.0500. The molecular weight excluding hydrogens is 322 g/mol. The SMILES string of the molecule is CCN(Cc1ccccc1)C(=O)c1ccc(NCc2ccccc2)cn1. The molecule has 0 spiro atoms. The molecule has 0 aliphatic rings. The van der Waals surface area contributed by atoms with Gasteiger partial charge >= 0.3 is 0 Å². The third kappa shape index (κ3) is 4.70.